The molecule has 0 bridgehead atoms. The van der Waals surface area contributed by atoms with Gasteiger partial charge in [-0.3, -0.25) is 10.0 Å². The molecule has 4 heteroatoms. The standard InChI is InChI=1S/C7H16N2O2/c1-2-3-4-7(8)5-9(11)6-10/h6-7,11H,2-5,8H2,1H3. The quantitative estimate of drug-likeness (QED) is 0.335. The number of nitrogens with two attached hydrogens (primary N) is 1. The molecule has 0 aromatic carbocycles. The third-order valence-corrected chi connectivity index (χ3v) is 1.47. The van der Waals surface area contributed by atoms with E-state index >= 15 is 0 Å². The Hall–Kier alpha value is -0.610. The average Bonchev–Trinajstić information content (AvgIpc) is 2.00. The van der Waals surface area contributed by atoms with Gasteiger partial charge in [0.15, 0.2) is 0 Å². The largest absolute Gasteiger partial charge is 0.326 e. The van der Waals surface area contributed by atoms with Crippen molar-refractivity contribution in [3.05, 3.63) is 0 Å². The molecule has 0 saturated heterocycles. The summed E-state index contributed by atoms with van der Waals surface area (Å²) >= 11 is 0. The van der Waals surface area contributed by atoms with Gasteiger partial charge >= 0.3 is 0 Å². The second kappa shape index (κ2) is 6.12. The molecule has 0 rings (SSSR count). The van der Waals surface area contributed by atoms with Crippen molar-refractivity contribution in [2.75, 3.05) is 6.54 Å². The van der Waals surface area contributed by atoms with Crippen LogP contribution in [0.15, 0.2) is 0 Å². The molecular formula is C7H16N2O2. The first-order valence-electron chi connectivity index (χ1n) is 3.87. The SMILES string of the molecule is CCCCC(N)CN(O)C=O. The predicted molar refractivity (Wildman–Crippen MR) is 42.1 cm³/mol. The normalized spacial score (nSPS) is 12.6. The van der Waals surface area contributed by atoms with E-state index in [2.05, 4.69) is 6.92 Å². The minimum absolute atomic E-state index is 0.106. The number of carbonyl (C=O) groups excluding carboxylic acids is 1. The van der Waals surface area contributed by atoms with Crippen molar-refractivity contribution in [3.8, 4) is 0 Å². The fourth-order valence-corrected chi connectivity index (χ4v) is 0.841. The molecule has 0 aromatic rings. The summed E-state index contributed by atoms with van der Waals surface area (Å²) in [5.74, 6) is 0. The van der Waals surface area contributed by atoms with Crippen molar-refractivity contribution < 1.29 is 10.0 Å². The van der Waals surface area contributed by atoms with Gasteiger partial charge in [-0.15, -0.1) is 0 Å². The fourth-order valence-electron chi connectivity index (χ4n) is 0.841. The molecule has 0 aliphatic rings. The highest BCUT2D eigenvalue weighted by Gasteiger charge is 2.04. The topological polar surface area (TPSA) is 66.6 Å². The molecule has 1 unspecified atom stereocenters. The van der Waals surface area contributed by atoms with E-state index in [1.165, 1.54) is 0 Å². The zero-order chi connectivity index (χ0) is 8.69. The van der Waals surface area contributed by atoms with E-state index in [1.807, 2.05) is 0 Å². The highest BCUT2D eigenvalue weighted by molar-refractivity contribution is 5.44. The summed E-state index contributed by atoms with van der Waals surface area (Å²) in [4.78, 5) is 9.93. The molecular weight excluding hydrogens is 144 g/mol. The minimum Gasteiger partial charge on any atom is -0.326 e. The predicted octanol–water partition coefficient (Wildman–Crippen LogP) is 0.351. The molecule has 0 aliphatic carbocycles. The first kappa shape index (κ1) is 10.4. The third kappa shape index (κ3) is 5.82. The Balaban J connectivity index is 3.34. The minimum atomic E-state index is -0.106. The monoisotopic (exact) mass is 160 g/mol. The maximum absolute atomic E-state index is 9.93. The lowest BCUT2D eigenvalue weighted by Gasteiger charge is -2.14. The van der Waals surface area contributed by atoms with E-state index in [0.717, 1.165) is 19.3 Å². The number of nitrogens with zero attached hydrogens (tertiary/aromatic N) is 1. The molecule has 0 fully saturated rings. The number of rotatable bonds is 6. The second-order valence-corrected chi connectivity index (χ2v) is 2.63. The molecule has 66 valence electrons. The average molecular weight is 160 g/mol. The van der Waals surface area contributed by atoms with Crippen LogP contribution in [-0.4, -0.2) is 29.3 Å². The lowest BCUT2D eigenvalue weighted by atomic mass is 10.1. The zero-order valence-corrected chi connectivity index (χ0v) is 6.86. The third-order valence-electron chi connectivity index (χ3n) is 1.47. The summed E-state index contributed by atoms with van der Waals surface area (Å²) < 4.78 is 0. The van der Waals surface area contributed by atoms with Gasteiger partial charge in [0.1, 0.15) is 0 Å². The Labute approximate surface area is 66.9 Å². The highest BCUT2D eigenvalue weighted by atomic mass is 16.5. The van der Waals surface area contributed by atoms with Crippen molar-refractivity contribution in [2.24, 2.45) is 5.73 Å². The maximum atomic E-state index is 9.93. The van der Waals surface area contributed by atoms with E-state index in [0.29, 0.717) is 11.5 Å². The van der Waals surface area contributed by atoms with Crippen molar-refractivity contribution >= 4 is 6.41 Å². The number of amides is 1. The summed E-state index contributed by atoms with van der Waals surface area (Å²) in [6, 6.07) is -0.106. The van der Waals surface area contributed by atoms with Gasteiger partial charge < -0.3 is 5.73 Å². The molecule has 1 atom stereocenters. The molecule has 4 nitrogen and oxygen atoms in total. The zero-order valence-electron chi connectivity index (χ0n) is 6.86. The molecule has 3 N–H and O–H groups in total. The maximum Gasteiger partial charge on any atom is 0.233 e. The van der Waals surface area contributed by atoms with E-state index in [-0.39, 0.29) is 12.6 Å². The van der Waals surface area contributed by atoms with Gasteiger partial charge in [0.2, 0.25) is 6.41 Å². The first-order chi connectivity index (χ1) is 5.20. The van der Waals surface area contributed by atoms with Crippen LogP contribution in [0.1, 0.15) is 26.2 Å². The molecule has 0 aromatic heterocycles. The van der Waals surface area contributed by atoms with Crippen molar-refractivity contribution in [1.82, 2.24) is 5.06 Å². The smallest absolute Gasteiger partial charge is 0.233 e. The Morgan fingerprint density at radius 1 is 1.73 bits per heavy atom. The van der Waals surface area contributed by atoms with Gasteiger partial charge in [0, 0.05) is 6.04 Å². The van der Waals surface area contributed by atoms with Gasteiger partial charge in [0.25, 0.3) is 0 Å². The van der Waals surface area contributed by atoms with Crippen molar-refractivity contribution in [1.29, 1.82) is 0 Å². The molecule has 0 saturated carbocycles. The summed E-state index contributed by atoms with van der Waals surface area (Å²) in [5, 5.41) is 9.30. The number of hydrogen-bond acceptors (Lipinski definition) is 3. The van der Waals surface area contributed by atoms with E-state index < -0.39 is 0 Å². The Morgan fingerprint density at radius 3 is 2.82 bits per heavy atom. The highest BCUT2D eigenvalue weighted by Crippen LogP contribution is 1.98. The van der Waals surface area contributed by atoms with Gasteiger partial charge in [-0.1, -0.05) is 19.8 Å². The van der Waals surface area contributed by atoms with Gasteiger partial charge in [0.05, 0.1) is 6.54 Å². The van der Waals surface area contributed by atoms with Crippen LogP contribution in [0.2, 0.25) is 0 Å². The number of hydroxylamine groups is 2. The summed E-state index contributed by atoms with van der Waals surface area (Å²) in [6.07, 6.45) is 3.33. The summed E-state index contributed by atoms with van der Waals surface area (Å²) in [6.45, 7) is 2.30. The van der Waals surface area contributed by atoms with Crippen LogP contribution in [0.25, 0.3) is 0 Å². The Morgan fingerprint density at radius 2 is 2.36 bits per heavy atom. The van der Waals surface area contributed by atoms with Crippen LogP contribution in [0.5, 0.6) is 0 Å². The summed E-state index contributed by atoms with van der Waals surface area (Å²) in [7, 11) is 0. The van der Waals surface area contributed by atoms with Crippen LogP contribution in [0, 0.1) is 0 Å². The summed E-state index contributed by atoms with van der Waals surface area (Å²) in [5.41, 5.74) is 5.58. The molecule has 0 radical (unpaired) electrons. The fraction of sp³-hybridized carbons (Fsp3) is 0.857. The van der Waals surface area contributed by atoms with Crippen LogP contribution in [-0.2, 0) is 4.79 Å². The van der Waals surface area contributed by atoms with Crippen molar-refractivity contribution in [2.45, 2.75) is 32.2 Å². The lowest BCUT2D eigenvalue weighted by Crippen LogP contribution is -2.34. The molecule has 0 heterocycles. The number of hydrogen-bond donors (Lipinski definition) is 2. The first-order valence-corrected chi connectivity index (χ1v) is 3.87. The van der Waals surface area contributed by atoms with Crippen LogP contribution >= 0.6 is 0 Å². The second-order valence-electron chi connectivity index (χ2n) is 2.63. The van der Waals surface area contributed by atoms with E-state index in [4.69, 9.17) is 10.9 Å². The Bertz CT molecular complexity index is 109. The van der Waals surface area contributed by atoms with Crippen LogP contribution < -0.4 is 5.73 Å². The van der Waals surface area contributed by atoms with Gasteiger partial charge in [-0.05, 0) is 6.42 Å². The van der Waals surface area contributed by atoms with E-state index in [1.54, 1.807) is 0 Å². The number of carbonyl (C=O) groups is 1. The van der Waals surface area contributed by atoms with Gasteiger partial charge in [-0.25, -0.2) is 5.06 Å². The molecule has 0 spiro atoms. The van der Waals surface area contributed by atoms with Crippen LogP contribution in [0.3, 0.4) is 0 Å². The molecule has 11 heavy (non-hydrogen) atoms. The van der Waals surface area contributed by atoms with Crippen molar-refractivity contribution in [3.63, 3.8) is 0 Å². The molecule has 1 amide bonds. The number of unbranched alkanes of at least 4 members (excludes halogenated alkanes) is 1. The lowest BCUT2D eigenvalue weighted by molar-refractivity contribution is -0.150. The van der Waals surface area contributed by atoms with E-state index in [9.17, 15) is 4.79 Å². The van der Waals surface area contributed by atoms with Crippen LogP contribution in [0.4, 0.5) is 0 Å². The Kier molecular flexibility index (Phi) is 5.78. The van der Waals surface area contributed by atoms with Gasteiger partial charge in [-0.2, -0.15) is 0 Å². The molecule has 0 aliphatic heterocycles.